The van der Waals surface area contributed by atoms with Crippen LogP contribution in [0.25, 0.3) is 0 Å². The molecule has 1 heterocycles. The Morgan fingerprint density at radius 1 is 1.38 bits per heavy atom. The lowest BCUT2D eigenvalue weighted by Crippen LogP contribution is -2.28. The molecule has 0 radical (unpaired) electrons. The number of hydrogen-bond acceptors (Lipinski definition) is 1. The van der Waals surface area contributed by atoms with Gasteiger partial charge < -0.3 is 4.90 Å². The first-order valence-electron chi connectivity index (χ1n) is 6.28. The van der Waals surface area contributed by atoms with E-state index in [-0.39, 0.29) is 0 Å². The van der Waals surface area contributed by atoms with Gasteiger partial charge in [0.15, 0.2) is 0 Å². The fourth-order valence-electron chi connectivity index (χ4n) is 1.79. The summed E-state index contributed by atoms with van der Waals surface area (Å²) in [7, 11) is 2.16. The molecule has 1 nitrogen and oxygen atoms in total. The monoisotopic (exact) mass is 221 g/mol. The Labute approximate surface area is 102 Å². The van der Waals surface area contributed by atoms with Gasteiger partial charge in [0.25, 0.3) is 0 Å². The predicted molar refractivity (Wildman–Crippen MR) is 74.7 cm³/mol. The molecule has 0 fully saturated rings. The van der Waals surface area contributed by atoms with Crippen LogP contribution >= 0.6 is 0 Å². The maximum absolute atomic E-state index is 4.18. The van der Waals surface area contributed by atoms with E-state index < -0.39 is 0 Å². The maximum Gasteiger partial charge on any atom is 0.0236 e. The summed E-state index contributed by atoms with van der Waals surface area (Å²) in [5, 5.41) is 0. The molecule has 0 spiro atoms. The topological polar surface area (TPSA) is 3.24 Å². The average Bonchev–Trinajstić information content (AvgIpc) is 2.30. The van der Waals surface area contributed by atoms with Gasteiger partial charge >= 0.3 is 0 Å². The van der Waals surface area contributed by atoms with Crippen LogP contribution in [0.3, 0.4) is 0 Å². The average molecular weight is 221 g/mol. The zero-order valence-electron chi connectivity index (χ0n) is 11.6. The second kappa shape index (κ2) is 7.45. The van der Waals surface area contributed by atoms with Crippen molar-refractivity contribution < 1.29 is 0 Å². The van der Waals surface area contributed by atoms with Crippen molar-refractivity contribution in [2.24, 2.45) is 5.92 Å². The molecule has 92 valence electrons. The van der Waals surface area contributed by atoms with E-state index in [0.29, 0.717) is 5.92 Å². The minimum absolute atomic E-state index is 0.534. The second-order valence-corrected chi connectivity index (χ2v) is 4.38. The molecule has 0 N–H and O–H groups in total. The van der Waals surface area contributed by atoms with Crippen LogP contribution in [0.4, 0.5) is 0 Å². The molecular formula is C15H27N. The molecule has 0 unspecified atom stereocenters. The Morgan fingerprint density at radius 3 is 2.38 bits per heavy atom. The Hall–Kier alpha value is -0.820. The Bertz CT molecular complexity index is 271. The Balaban J connectivity index is 0.00000106. The first kappa shape index (κ1) is 15.2. The lowest BCUT2D eigenvalue weighted by atomic mass is 9.89. The van der Waals surface area contributed by atoms with Gasteiger partial charge in [0.1, 0.15) is 0 Å². The van der Waals surface area contributed by atoms with Crippen LogP contribution in [0.15, 0.2) is 36.0 Å². The van der Waals surface area contributed by atoms with Crippen LogP contribution in [-0.4, -0.2) is 25.0 Å². The molecule has 0 bridgehead atoms. The van der Waals surface area contributed by atoms with E-state index in [0.717, 1.165) is 19.5 Å². The van der Waals surface area contributed by atoms with Crippen LogP contribution in [0, 0.1) is 5.92 Å². The highest BCUT2D eigenvalue weighted by molar-refractivity contribution is 5.41. The molecule has 0 saturated heterocycles. The van der Waals surface area contributed by atoms with Gasteiger partial charge in [-0.2, -0.15) is 0 Å². The molecule has 0 aliphatic carbocycles. The van der Waals surface area contributed by atoms with E-state index in [1.165, 1.54) is 16.7 Å². The smallest absolute Gasteiger partial charge is 0.0236 e. The summed E-state index contributed by atoms with van der Waals surface area (Å²) in [5.41, 5.74) is 4.07. The summed E-state index contributed by atoms with van der Waals surface area (Å²) < 4.78 is 0. The van der Waals surface area contributed by atoms with Gasteiger partial charge in [-0.25, -0.2) is 0 Å². The first-order chi connectivity index (χ1) is 7.56. The third kappa shape index (κ3) is 3.97. The fourth-order valence-corrected chi connectivity index (χ4v) is 1.79. The van der Waals surface area contributed by atoms with Gasteiger partial charge in [0.2, 0.25) is 0 Å². The highest BCUT2D eigenvalue weighted by Gasteiger charge is 2.17. The fraction of sp³-hybridized carbons (Fsp3) is 0.600. The molecule has 1 aliphatic rings. The van der Waals surface area contributed by atoms with Gasteiger partial charge in [0.05, 0.1) is 0 Å². The number of likely N-dealkylation sites (N-methyl/N-ethyl adjacent to an activating group) is 1. The lowest BCUT2D eigenvalue weighted by molar-refractivity contribution is 0.350. The van der Waals surface area contributed by atoms with Crippen LogP contribution in [0.5, 0.6) is 0 Å². The lowest BCUT2D eigenvalue weighted by Gasteiger charge is -2.29. The van der Waals surface area contributed by atoms with E-state index in [1.807, 2.05) is 19.9 Å². The van der Waals surface area contributed by atoms with E-state index in [9.17, 15) is 0 Å². The molecule has 0 aromatic carbocycles. The molecule has 1 rings (SSSR count). The summed E-state index contributed by atoms with van der Waals surface area (Å²) in [6.07, 6.45) is 3.11. The SMILES string of the molecule is C=CC1=C(C(=C)C(C)C)CN(C)CC1.CC. The van der Waals surface area contributed by atoms with Crippen molar-refractivity contribution in [1.29, 1.82) is 0 Å². The van der Waals surface area contributed by atoms with Crippen molar-refractivity contribution in [3.05, 3.63) is 36.0 Å². The van der Waals surface area contributed by atoms with Gasteiger partial charge in [-0.1, -0.05) is 46.9 Å². The van der Waals surface area contributed by atoms with Gasteiger partial charge in [0, 0.05) is 13.1 Å². The summed E-state index contributed by atoms with van der Waals surface area (Å²) in [5.74, 6) is 0.534. The number of rotatable bonds is 3. The maximum atomic E-state index is 4.18. The van der Waals surface area contributed by atoms with Crippen LogP contribution in [0.1, 0.15) is 34.1 Å². The highest BCUT2D eigenvalue weighted by Crippen LogP contribution is 2.27. The summed E-state index contributed by atoms with van der Waals surface area (Å²) in [6, 6.07) is 0. The van der Waals surface area contributed by atoms with E-state index in [4.69, 9.17) is 0 Å². The van der Waals surface area contributed by atoms with Crippen molar-refractivity contribution in [3.8, 4) is 0 Å². The van der Waals surface area contributed by atoms with Gasteiger partial charge in [-0.15, -0.1) is 0 Å². The normalized spacial score (nSPS) is 16.9. The summed E-state index contributed by atoms with van der Waals surface area (Å²) in [6.45, 7) is 18.6. The van der Waals surface area contributed by atoms with Crippen LogP contribution < -0.4 is 0 Å². The summed E-state index contributed by atoms with van der Waals surface area (Å²) >= 11 is 0. The van der Waals surface area contributed by atoms with Crippen molar-refractivity contribution in [2.45, 2.75) is 34.1 Å². The molecule has 0 saturated carbocycles. The van der Waals surface area contributed by atoms with Crippen LogP contribution in [-0.2, 0) is 0 Å². The molecule has 16 heavy (non-hydrogen) atoms. The molecule has 1 heteroatoms. The number of hydrogen-bond donors (Lipinski definition) is 0. The largest absolute Gasteiger partial charge is 0.302 e. The zero-order valence-corrected chi connectivity index (χ0v) is 11.6. The molecule has 1 aliphatic heterocycles. The second-order valence-electron chi connectivity index (χ2n) is 4.38. The number of nitrogens with zero attached hydrogens (tertiary/aromatic N) is 1. The molecule has 0 amide bonds. The Morgan fingerprint density at radius 2 is 1.94 bits per heavy atom. The molecule has 0 atom stereocenters. The van der Waals surface area contributed by atoms with E-state index in [2.05, 4.69) is 39.0 Å². The van der Waals surface area contributed by atoms with Crippen molar-refractivity contribution in [1.82, 2.24) is 4.90 Å². The van der Waals surface area contributed by atoms with Crippen molar-refractivity contribution >= 4 is 0 Å². The number of allylic oxidation sites excluding steroid dienone is 1. The van der Waals surface area contributed by atoms with Crippen molar-refractivity contribution in [3.63, 3.8) is 0 Å². The van der Waals surface area contributed by atoms with Gasteiger partial charge in [-0.3, -0.25) is 0 Å². The quantitative estimate of drug-likeness (QED) is 0.695. The molecule has 0 aromatic rings. The summed E-state index contributed by atoms with van der Waals surface area (Å²) in [4.78, 5) is 2.34. The molecule has 0 aromatic heterocycles. The third-order valence-corrected chi connectivity index (χ3v) is 2.91. The molecular weight excluding hydrogens is 194 g/mol. The van der Waals surface area contributed by atoms with E-state index >= 15 is 0 Å². The van der Waals surface area contributed by atoms with E-state index in [1.54, 1.807) is 0 Å². The minimum Gasteiger partial charge on any atom is -0.302 e. The standard InChI is InChI=1S/C13H21N.C2H6/c1-6-12-7-8-14(5)9-13(12)11(4)10(2)3;1-2/h6,10H,1,4,7-9H2,2-3,5H3;1-2H3. The van der Waals surface area contributed by atoms with Gasteiger partial charge in [-0.05, 0) is 36.1 Å². The van der Waals surface area contributed by atoms with Crippen LogP contribution in [0.2, 0.25) is 0 Å². The Kier molecular flexibility index (Phi) is 7.07. The van der Waals surface area contributed by atoms with Crippen molar-refractivity contribution in [2.75, 3.05) is 20.1 Å². The highest BCUT2D eigenvalue weighted by atomic mass is 15.1. The third-order valence-electron chi connectivity index (χ3n) is 2.91. The first-order valence-corrected chi connectivity index (χ1v) is 6.28. The zero-order chi connectivity index (χ0) is 12.7. The predicted octanol–water partition coefficient (Wildman–Crippen LogP) is 4.04. The minimum atomic E-state index is 0.534.